The van der Waals surface area contributed by atoms with E-state index in [2.05, 4.69) is 39.2 Å². The van der Waals surface area contributed by atoms with Crippen molar-refractivity contribution in [3.8, 4) is 5.69 Å². The zero-order valence-electron chi connectivity index (χ0n) is 23.6. The third-order valence-electron chi connectivity index (χ3n) is 8.68. The maximum atomic E-state index is 13.9. The summed E-state index contributed by atoms with van der Waals surface area (Å²) in [5.41, 5.74) is 2.66. The first-order chi connectivity index (χ1) is 19.6. The van der Waals surface area contributed by atoms with E-state index in [0.717, 1.165) is 49.6 Å². The van der Waals surface area contributed by atoms with Crippen LogP contribution < -0.4 is 10.9 Å². The molecule has 1 aliphatic carbocycles. The molecule has 6 rings (SSSR count). The summed E-state index contributed by atoms with van der Waals surface area (Å²) in [6, 6.07) is 7.54. The third kappa shape index (κ3) is 5.28. The highest BCUT2D eigenvalue weighted by atomic mass is 35.5. The molecule has 1 aromatic carbocycles. The number of piperidine rings is 1. The van der Waals surface area contributed by atoms with Gasteiger partial charge in [-0.3, -0.25) is 14.3 Å². The van der Waals surface area contributed by atoms with Crippen LogP contribution >= 0.6 is 11.6 Å². The van der Waals surface area contributed by atoms with Crippen LogP contribution in [-0.2, 0) is 19.0 Å². The van der Waals surface area contributed by atoms with Gasteiger partial charge in [0.05, 0.1) is 22.7 Å². The lowest BCUT2D eigenvalue weighted by molar-refractivity contribution is 0.163. The van der Waals surface area contributed by atoms with Gasteiger partial charge in [-0.25, -0.2) is 8.78 Å². The summed E-state index contributed by atoms with van der Waals surface area (Å²) in [4.78, 5) is 19.6. The number of hydrogen-bond acceptors (Lipinski definition) is 5. The Kier molecular flexibility index (Phi) is 7.40. The number of aromatic amines is 1. The SMILES string of the molecule is CC1CC(c2cc(NCC(F)F)cc(-n3cc(Cl)c4cc(CN5CCC[C@H](C)C5)[nH]c4c3=O)c2)(c2nncn2C)C1. The van der Waals surface area contributed by atoms with Gasteiger partial charge in [0.1, 0.15) is 17.7 Å². The van der Waals surface area contributed by atoms with Gasteiger partial charge in [0.2, 0.25) is 0 Å². The number of benzene rings is 1. The van der Waals surface area contributed by atoms with E-state index in [-0.39, 0.29) is 5.56 Å². The second-order valence-electron chi connectivity index (χ2n) is 12.1. The molecule has 2 fully saturated rings. The number of hydrogen-bond donors (Lipinski definition) is 2. The molecule has 2 N–H and O–H groups in total. The van der Waals surface area contributed by atoms with Crippen LogP contribution in [0.3, 0.4) is 0 Å². The van der Waals surface area contributed by atoms with Crippen LogP contribution in [0.2, 0.25) is 5.02 Å². The molecule has 1 saturated carbocycles. The topological polar surface area (TPSA) is 83.8 Å². The van der Waals surface area contributed by atoms with Crippen LogP contribution in [0, 0.1) is 11.8 Å². The first-order valence-corrected chi connectivity index (χ1v) is 14.7. The number of aromatic nitrogens is 5. The van der Waals surface area contributed by atoms with Crippen LogP contribution in [-0.4, -0.2) is 55.3 Å². The predicted molar refractivity (Wildman–Crippen MR) is 157 cm³/mol. The summed E-state index contributed by atoms with van der Waals surface area (Å²) in [6.45, 7) is 6.74. The zero-order valence-corrected chi connectivity index (χ0v) is 24.4. The molecule has 2 aliphatic rings. The fourth-order valence-electron chi connectivity index (χ4n) is 6.89. The van der Waals surface area contributed by atoms with E-state index >= 15 is 0 Å². The van der Waals surface area contributed by atoms with Gasteiger partial charge in [-0.2, -0.15) is 0 Å². The van der Waals surface area contributed by atoms with Gasteiger partial charge >= 0.3 is 0 Å². The molecule has 0 unspecified atom stereocenters. The lowest BCUT2D eigenvalue weighted by atomic mass is 9.58. The van der Waals surface area contributed by atoms with Crippen molar-refractivity contribution < 1.29 is 8.78 Å². The number of rotatable bonds is 8. The maximum Gasteiger partial charge on any atom is 0.279 e. The molecular formula is C30H36ClF2N7O. The molecule has 0 amide bonds. The van der Waals surface area contributed by atoms with Crippen LogP contribution in [0.25, 0.3) is 16.6 Å². The minimum Gasteiger partial charge on any atom is -0.379 e. The molecule has 1 aliphatic heterocycles. The number of nitrogens with zero attached hydrogens (tertiary/aromatic N) is 5. The van der Waals surface area contributed by atoms with E-state index in [1.165, 1.54) is 17.4 Å². The zero-order chi connectivity index (χ0) is 28.9. The molecular weight excluding hydrogens is 548 g/mol. The van der Waals surface area contributed by atoms with Gasteiger partial charge < -0.3 is 14.9 Å². The second kappa shape index (κ2) is 10.9. The highest BCUT2D eigenvalue weighted by Gasteiger charge is 2.48. The highest BCUT2D eigenvalue weighted by Crippen LogP contribution is 2.52. The van der Waals surface area contributed by atoms with Gasteiger partial charge in [0, 0.05) is 43.1 Å². The normalized spacial score (nSPS) is 23.3. The molecule has 218 valence electrons. The van der Waals surface area contributed by atoms with Crippen molar-refractivity contribution in [3.63, 3.8) is 0 Å². The number of aryl methyl sites for hydroxylation is 1. The fraction of sp³-hybridized carbons (Fsp3) is 0.500. The molecule has 1 atom stereocenters. The van der Waals surface area contributed by atoms with Crippen LogP contribution in [0.1, 0.15) is 56.6 Å². The van der Waals surface area contributed by atoms with Crippen molar-refractivity contribution in [2.45, 2.75) is 57.9 Å². The highest BCUT2D eigenvalue weighted by molar-refractivity contribution is 6.35. The summed E-state index contributed by atoms with van der Waals surface area (Å²) in [6.07, 6.45) is 4.85. The Morgan fingerprint density at radius 1 is 1.20 bits per heavy atom. The number of likely N-dealkylation sites (tertiary alicyclic amines) is 1. The average Bonchev–Trinajstić information content (AvgIpc) is 3.54. The van der Waals surface area contributed by atoms with Crippen LogP contribution in [0.5, 0.6) is 0 Å². The predicted octanol–water partition coefficient (Wildman–Crippen LogP) is 5.73. The summed E-state index contributed by atoms with van der Waals surface area (Å²) in [5.74, 6) is 1.92. The quantitative estimate of drug-likeness (QED) is 0.277. The van der Waals surface area contributed by atoms with Crippen molar-refractivity contribution in [1.82, 2.24) is 29.2 Å². The van der Waals surface area contributed by atoms with Gasteiger partial charge in [-0.1, -0.05) is 25.4 Å². The lowest BCUT2D eigenvalue weighted by Gasteiger charge is -2.46. The Balaban J connectivity index is 1.44. The molecule has 8 nitrogen and oxygen atoms in total. The Labute approximate surface area is 242 Å². The number of fused-ring (bicyclic) bond motifs is 1. The second-order valence-corrected chi connectivity index (χ2v) is 12.5. The van der Waals surface area contributed by atoms with Crippen molar-refractivity contribution in [1.29, 1.82) is 0 Å². The Hall–Kier alpha value is -3.24. The molecule has 0 radical (unpaired) electrons. The summed E-state index contributed by atoms with van der Waals surface area (Å²) < 4.78 is 29.8. The van der Waals surface area contributed by atoms with Crippen LogP contribution in [0.4, 0.5) is 14.5 Å². The number of alkyl halides is 2. The molecule has 0 spiro atoms. The van der Waals surface area contributed by atoms with Gasteiger partial charge in [0.25, 0.3) is 12.0 Å². The first-order valence-electron chi connectivity index (χ1n) is 14.3. The van der Waals surface area contributed by atoms with E-state index in [1.54, 1.807) is 18.6 Å². The smallest absolute Gasteiger partial charge is 0.279 e. The van der Waals surface area contributed by atoms with Gasteiger partial charge in [-0.05, 0) is 73.9 Å². The number of H-pyrrole nitrogens is 1. The van der Waals surface area contributed by atoms with Crippen molar-refractivity contribution in [3.05, 3.63) is 69.2 Å². The van der Waals surface area contributed by atoms with Gasteiger partial charge in [0.15, 0.2) is 0 Å². The monoisotopic (exact) mass is 583 g/mol. The van der Waals surface area contributed by atoms with E-state index in [4.69, 9.17) is 11.6 Å². The number of halogens is 3. The largest absolute Gasteiger partial charge is 0.379 e. The van der Waals surface area contributed by atoms with E-state index in [9.17, 15) is 13.6 Å². The van der Waals surface area contributed by atoms with Crippen molar-refractivity contribution >= 4 is 28.2 Å². The number of anilines is 1. The van der Waals surface area contributed by atoms with Gasteiger partial charge in [-0.15, -0.1) is 10.2 Å². The molecule has 3 aromatic heterocycles. The van der Waals surface area contributed by atoms with Crippen molar-refractivity contribution in [2.24, 2.45) is 18.9 Å². The number of pyridine rings is 1. The molecule has 1 saturated heterocycles. The summed E-state index contributed by atoms with van der Waals surface area (Å²) >= 11 is 6.77. The van der Waals surface area contributed by atoms with Crippen molar-refractivity contribution in [2.75, 3.05) is 25.0 Å². The number of nitrogens with one attached hydrogen (secondary N) is 2. The van der Waals surface area contributed by atoms with Crippen LogP contribution in [0.15, 0.2) is 41.6 Å². The first kappa shape index (κ1) is 27.9. The molecule has 4 aromatic rings. The minimum absolute atomic E-state index is 0.241. The molecule has 4 heterocycles. The summed E-state index contributed by atoms with van der Waals surface area (Å²) in [5, 5.41) is 12.5. The Bertz CT molecular complexity index is 1620. The minimum atomic E-state index is -2.52. The summed E-state index contributed by atoms with van der Waals surface area (Å²) in [7, 11) is 1.91. The fourth-order valence-corrected chi connectivity index (χ4v) is 7.14. The Morgan fingerprint density at radius 3 is 2.68 bits per heavy atom. The Morgan fingerprint density at radius 2 is 2.00 bits per heavy atom. The van der Waals surface area contributed by atoms with E-state index in [1.807, 2.05) is 29.8 Å². The molecule has 0 bridgehead atoms. The molecule has 41 heavy (non-hydrogen) atoms. The average molecular weight is 584 g/mol. The van der Waals surface area contributed by atoms with E-state index < -0.39 is 18.4 Å². The lowest BCUT2D eigenvalue weighted by Crippen LogP contribution is -2.43. The standard InChI is InChI=1S/C30H36ClF2N7O/c1-18-5-4-6-39(14-18)15-22-10-24-25(31)16-40(28(41)27(24)36-22)23-8-20(7-21(9-23)34-13-26(32)33)30(11-19(2)12-30)29-37-35-17-38(29)3/h7-10,16-19,26,34,36H,4-6,11-15H2,1-3H3/t18-,19?,30?/m0/s1. The molecule has 11 heteroatoms. The van der Waals surface area contributed by atoms with E-state index in [0.29, 0.717) is 39.1 Å². The third-order valence-corrected chi connectivity index (χ3v) is 8.98. The maximum absolute atomic E-state index is 13.9.